The summed E-state index contributed by atoms with van der Waals surface area (Å²) in [6.07, 6.45) is 4.56. The Kier molecular flexibility index (Phi) is 3.12. The van der Waals surface area contributed by atoms with Gasteiger partial charge in [-0.3, -0.25) is 4.79 Å². The molecule has 0 aromatic heterocycles. The standard InChI is InChI=1S/C10H19NO.H2/c1-3-8-5-4-7(2)6-9(8)10(11)12;/h7-9H,3-6H2,1-2H3,(H2,11,12);1H/t7-,8-,9-;/m1./s1. The van der Waals surface area contributed by atoms with E-state index in [9.17, 15) is 4.79 Å². The number of carbonyl (C=O) groups excluding carboxylic acids is 1. The van der Waals surface area contributed by atoms with Crippen LogP contribution in [-0.4, -0.2) is 5.91 Å². The molecule has 3 atom stereocenters. The molecule has 12 heavy (non-hydrogen) atoms. The zero-order valence-corrected chi connectivity index (χ0v) is 8.05. The van der Waals surface area contributed by atoms with Gasteiger partial charge in [0.15, 0.2) is 0 Å². The molecular weight excluding hydrogens is 150 g/mol. The van der Waals surface area contributed by atoms with E-state index in [1.807, 2.05) is 0 Å². The number of primary amides is 1. The largest absolute Gasteiger partial charge is 0.369 e. The van der Waals surface area contributed by atoms with Crippen LogP contribution in [0.4, 0.5) is 0 Å². The van der Waals surface area contributed by atoms with Gasteiger partial charge in [0.1, 0.15) is 0 Å². The molecule has 1 aliphatic carbocycles. The summed E-state index contributed by atoms with van der Waals surface area (Å²) in [5.74, 6) is 1.30. The van der Waals surface area contributed by atoms with Crippen LogP contribution in [-0.2, 0) is 4.79 Å². The van der Waals surface area contributed by atoms with Crippen LogP contribution >= 0.6 is 0 Å². The number of amides is 1. The molecule has 2 nitrogen and oxygen atoms in total. The molecule has 0 saturated heterocycles. The fraction of sp³-hybridized carbons (Fsp3) is 0.900. The lowest BCUT2D eigenvalue weighted by molar-refractivity contribution is -0.125. The van der Waals surface area contributed by atoms with E-state index in [1.54, 1.807) is 0 Å². The Hall–Kier alpha value is -0.530. The highest BCUT2D eigenvalue weighted by atomic mass is 16.1. The summed E-state index contributed by atoms with van der Waals surface area (Å²) < 4.78 is 0. The lowest BCUT2D eigenvalue weighted by atomic mass is 9.73. The predicted molar refractivity (Wildman–Crippen MR) is 51.6 cm³/mol. The predicted octanol–water partition coefficient (Wildman–Crippen LogP) is 2.18. The van der Waals surface area contributed by atoms with Gasteiger partial charge in [0, 0.05) is 7.34 Å². The SMILES string of the molecule is CC[C@@H]1CC[C@@H](C)C[C@H]1C(N)=O.[HH]. The highest BCUT2D eigenvalue weighted by Crippen LogP contribution is 2.35. The fourth-order valence-electron chi connectivity index (χ4n) is 2.28. The summed E-state index contributed by atoms with van der Waals surface area (Å²) in [5, 5.41) is 0. The van der Waals surface area contributed by atoms with Crippen LogP contribution in [0.1, 0.15) is 41.0 Å². The molecule has 0 aromatic rings. The van der Waals surface area contributed by atoms with Gasteiger partial charge in [-0.2, -0.15) is 0 Å². The fourth-order valence-corrected chi connectivity index (χ4v) is 2.28. The van der Waals surface area contributed by atoms with Gasteiger partial charge in [-0.25, -0.2) is 0 Å². The summed E-state index contributed by atoms with van der Waals surface area (Å²) in [5.41, 5.74) is 5.36. The highest BCUT2D eigenvalue weighted by Gasteiger charge is 2.30. The Morgan fingerprint density at radius 2 is 2.25 bits per heavy atom. The van der Waals surface area contributed by atoms with Crippen LogP contribution in [0, 0.1) is 17.8 Å². The average molecular weight is 171 g/mol. The topological polar surface area (TPSA) is 43.1 Å². The maximum absolute atomic E-state index is 11.1. The molecule has 1 fully saturated rings. The summed E-state index contributed by atoms with van der Waals surface area (Å²) in [7, 11) is 0. The number of nitrogens with two attached hydrogens (primary N) is 1. The first-order valence-electron chi connectivity index (χ1n) is 4.94. The molecule has 72 valence electrons. The molecule has 0 heterocycles. The van der Waals surface area contributed by atoms with Crippen molar-refractivity contribution in [3.05, 3.63) is 0 Å². The summed E-state index contributed by atoms with van der Waals surface area (Å²) in [6, 6.07) is 0. The van der Waals surface area contributed by atoms with E-state index in [0.717, 1.165) is 12.8 Å². The molecule has 1 amide bonds. The van der Waals surface area contributed by atoms with E-state index < -0.39 is 0 Å². The smallest absolute Gasteiger partial charge is 0.220 e. The van der Waals surface area contributed by atoms with Crippen LogP contribution in [0.25, 0.3) is 0 Å². The minimum absolute atomic E-state index is 0. The van der Waals surface area contributed by atoms with Crippen molar-refractivity contribution < 1.29 is 6.22 Å². The summed E-state index contributed by atoms with van der Waals surface area (Å²) in [6.45, 7) is 4.36. The van der Waals surface area contributed by atoms with Gasteiger partial charge in [-0.1, -0.05) is 26.7 Å². The van der Waals surface area contributed by atoms with E-state index in [1.165, 1.54) is 12.8 Å². The van der Waals surface area contributed by atoms with Gasteiger partial charge in [-0.05, 0) is 24.7 Å². The quantitative estimate of drug-likeness (QED) is 0.680. The van der Waals surface area contributed by atoms with Crippen LogP contribution in [0.2, 0.25) is 0 Å². The molecular formula is C10H21NO. The number of hydrogen-bond donors (Lipinski definition) is 1. The van der Waals surface area contributed by atoms with Crippen molar-refractivity contribution in [2.75, 3.05) is 0 Å². The summed E-state index contributed by atoms with van der Waals surface area (Å²) >= 11 is 0. The molecule has 2 N–H and O–H groups in total. The number of rotatable bonds is 2. The maximum Gasteiger partial charge on any atom is 0.220 e. The van der Waals surface area contributed by atoms with Crippen molar-refractivity contribution in [2.45, 2.75) is 39.5 Å². The molecule has 1 aliphatic rings. The molecule has 0 aliphatic heterocycles. The monoisotopic (exact) mass is 171 g/mol. The second kappa shape index (κ2) is 3.92. The average Bonchev–Trinajstić information content (AvgIpc) is 2.04. The Labute approximate surface area is 76.0 Å². The van der Waals surface area contributed by atoms with E-state index >= 15 is 0 Å². The van der Waals surface area contributed by atoms with E-state index in [4.69, 9.17) is 5.73 Å². The Morgan fingerprint density at radius 1 is 1.58 bits per heavy atom. The second-order valence-corrected chi connectivity index (χ2v) is 4.10. The highest BCUT2D eigenvalue weighted by molar-refractivity contribution is 5.77. The van der Waals surface area contributed by atoms with Crippen molar-refractivity contribution in [1.29, 1.82) is 0 Å². The third kappa shape index (κ3) is 1.99. The Balaban J connectivity index is 0.00000144. The maximum atomic E-state index is 11.1. The van der Waals surface area contributed by atoms with Gasteiger partial charge in [0.2, 0.25) is 5.91 Å². The van der Waals surface area contributed by atoms with Gasteiger partial charge in [0.05, 0.1) is 0 Å². The third-order valence-electron chi connectivity index (χ3n) is 3.15. The van der Waals surface area contributed by atoms with Crippen LogP contribution in [0.5, 0.6) is 0 Å². The first-order valence-corrected chi connectivity index (χ1v) is 4.94. The molecule has 0 spiro atoms. The van der Waals surface area contributed by atoms with Crippen molar-refractivity contribution in [3.63, 3.8) is 0 Å². The molecule has 2 heteroatoms. The molecule has 0 unspecified atom stereocenters. The zero-order chi connectivity index (χ0) is 9.14. The lowest BCUT2D eigenvalue weighted by Gasteiger charge is -2.32. The van der Waals surface area contributed by atoms with Crippen molar-refractivity contribution in [3.8, 4) is 0 Å². The van der Waals surface area contributed by atoms with Crippen molar-refractivity contribution in [2.24, 2.45) is 23.5 Å². The van der Waals surface area contributed by atoms with Crippen LogP contribution < -0.4 is 5.73 Å². The zero-order valence-electron chi connectivity index (χ0n) is 8.05. The van der Waals surface area contributed by atoms with Gasteiger partial charge in [-0.15, -0.1) is 0 Å². The molecule has 0 bridgehead atoms. The Morgan fingerprint density at radius 3 is 2.75 bits per heavy atom. The second-order valence-electron chi connectivity index (χ2n) is 4.10. The first-order chi connectivity index (χ1) is 5.65. The minimum Gasteiger partial charge on any atom is -0.369 e. The van der Waals surface area contributed by atoms with Gasteiger partial charge < -0.3 is 5.73 Å². The first kappa shape index (κ1) is 9.56. The molecule has 1 rings (SSSR count). The Bertz CT molecular complexity index is 172. The van der Waals surface area contributed by atoms with Crippen LogP contribution in [0.15, 0.2) is 0 Å². The molecule has 0 aromatic carbocycles. The van der Waals surface area contributed by atoms with E-state index in [-0.39, 0.29) is 13.3 Å². The van der Waals surface area contributed by atoms with E-state index in [2.05, 4.69) is 13.8 Å². The minimum atomic E-state index is -0.0894. The molecule has 1 saturated carbocycles. The lowest BCUT2D eigenvalue weighted by Crippen LogP contribution is -2.34. The summed E-state index contributed by atoms with van der Waals surface area (Å²) in [4.78, 5) is 11.1. The van der Waals surface area contributed by atoms with Gasteiger partial charge in [0.25, 0.3) is 0 Å². The van der Waals surface area contributed by atoms with Gasteiger partial charge >= 0.3 is 0 Å². The normalized spacial score (nSPS) is 36.3. The van der Waals surface area contributed by atoms with Crippen molar-refractivity contribution >= 4 is 5.91 Å². The number of hydrogen-bond acceptors (Lipinski definition) is 1. The van der Waals surface area contributed by atoms with Crippen molar-refractivity contribution in [1.82, 2.24) is 0 Å². The third-order valence-corrected chi connectivity index (χ3v) is 3.15. The molecule has 0 radical (unpaired) electrons. The number of carbonyl (C=O) groups is 1. The van der Waals surface area contributed by atoms with E-state index in [0.29, 0.717) is 11.8 Å². The van der Waals surface area contributed by atoms with Crippen LogP contribution in [0.3, 0.4) is 0 Å².